The number of carbonyl (C=O) groups excluding carboxylic acids is 2. The Morgan fingerprint density at radius 3 is 2.30 bits per heavy atom. The lowest BCUT2D eigenvalue weighted by atomic mass is 10.0. The molecule has 2 aromatic rings. The zero-order valence-electron chi connectivity index (χ0n) is 16.8. The molecule has 3 rings (SSSR count). The lowest BCUT2D eigenvalue weighted by molar-refractivity contribution is -0.114. The molecule has 0 saturated carbocycles. The molecule has 0 aliphatic carbocycles. The molecular formula is C21H24ClN3O4S. The van der Waals surface area contributed by atoms with Gasteiger partial charge in [-0.2, -0.15) is 4.31 Å². The quantitative estimate of drug-likeness (QED) is 0.721. The van der Waals surface area contributed by atoms with Crippen LogP contribution in [-0.2, 0) is 14.8 Å². The van der Waals surface area contributed by atoms with Gasteiger partial charge in [-0.1, -0.05) is 24.6 Å². The molecule has 30 heavy (non-hydrogen) atoms. The molecule has 1 aliphatic rings. The van der Waals surface area contributed by atoms with Gasteiger partial charge in [-0.15, -0.1) is 0 Å². The molecule has 0 atom stereocenters. The fourth-order valence-corrected chi connectivity index (χ4v) is 4.99. The van der Waals surface area contributed by atoms with Crippen molar-refractivity contribution in [1.29, 1.82) is 0 Å². The number of halogens is 1. The number of anilines is 2. The van der Waals surface area contributed by atoms with Gasteiger partial charge in [0.05, 0.1) is 15.5 Å². The molecule has 0 spiro atoms. The first kappa shape index (κ1) is 22.3. The van der Waals surface area contributed by atoms with Crippen LogP contribution in [0.4, 0.5) is 11.4 Å². The van der Waals surface area contributed by atoms with Gasteiger partial charge in [0.1, 0.15) is 0 Å². The molecule has 2 N–H and O–H groups in total. The minimum Gasteiger partial charge on any atom is -0.326 e. The summed E-state index contributed by atoms with van der Waals surface area (Å²) in [6.07, 6.45) is 1.62. The largest absolute Gasteiger partial charge is 0.326 e. The first-order valence-electron chi connectivity index (χ1n) is 9.65. The van der Waals surface area contributed by atoms with Gasteiger partial charge in [0.25, 0.3) is 5.91 Å². The van der Waals surface area contributed by atoms with Crippen molar-refractivity contribution in [2.45, 2.75) is 31.6 Å². The first-order chi connectivity index (χ1) is 14.2. The van der Waals surface area contributed by atoms with Crippen LogP contribution in [0.1, 0.15) is 37.0 Å². The molecule has 1 fully saturated rings. The SMILES string of the molecule is CC(=O)Nc1cccc(NC(=O)c2cc(S(=O)(=O)N3CCC(C)CC3)ccc2Cl)c1. The third kappa shape index (κ3) is 5.19. The summed E-state index contributed by atoms with van der Waals surface area (Å²) >= 11 is 6.19. The van der Waals surface area contributed by atoms with E-state index >= 15 is 0 Å². The maximum Gasteiger partial charge on any atom is 0.257 e. The molecule has 0 radical (unpaired) electrons. The van der Waals surface area contributed by atoms with Crippen molar-refractivity contribution < 1.29 is 18.0 Å². The summed E-state index contributed by atoms with van der Waals surface area (Å²) in [6.45, 7) is 4.42. The molecule has 0 bridgehead atoms. The molecular weight excluding hydrogens is 426 g/mol. The zero-order valence-corrected chi connectivity index (χ0v) is 18.4. The molecule has 2 aromatic carbocycles. The second-order valence-corrected chi connectivity index (χ2v) is 9.79. The van der Waals surface area contributed by atoms with Crippen LogP contribution >= 0.6 is 11.6 Å². The van der Waals surface area contributed by atoms with Gasteiger partial charge in [0.15, 0.2) is 0 Å². The average molecular weight is 450 g/mol. The fraction of sp³-hybridized carbons (Fsp3) is 0.333. The Hall–Kier alpha value is -2.42. The number of benzene rings is 2. The van der Waals surface area contributed by atoms with Crippen molar-refractivity contribution in [2.75, 3.05) is 23.7 Å². The molecule has 0 unspecified atom stereocenters. The number of carbonyl (C=O) groups is 2. The monoisotopic (exact) mass is 449 g/mol. The number of piperidine rings is 1. The summed E-state index contributed by atoms with van der Waals surface area (Å²) in [7, 11) is -3.70. The van der Waals surface area contributed by atoms with E-state index in [2.05, 4.69) is 17.6 Å². The highest BCUT2D eigenvalue weighted by molar-refractivity contribution is 7.89. The number of rotatable bonds is 5. The second-order valence-electron chi connectivity index (χ2n) is 7.44. The third-order valence-electron chi connectivity index (χ3n) is 5.00. The molecule has 1 aliphatic heterocycles. The molecule has 1 saturated heterocycles. The minimum absolute atomic E-state index is 0.0404. The van der Waals surface area contributed by atoms with Gasteiger partial charge in [0.2, 0.25) is 15.9 Å². The van der Waals surface area contributed by atoms with Crippen LogP contribution in [0.2, 0.25) is 5.02 Å². The minimum atomic E-state index is -3.70. The van der Waals surface area contributed by atoms with Gasteiger partial charge < -0.3 is 10.6 Å². The van der Waals surface area contributed by atoms with Crippen LogP contribution in [0.3, 0.4) is 0 Å². The van der Waals surface area contributed by atoms with E-state index in [0.717, 1.165) is 12.8 Å². The van der Waals surface area contributed by atoms with Gasteiger partial charge in [0, 0.05) is 31.4 Å². The molecule has 2 amide bonds. The van der Waals surface area contributed by atoms with Gasteiger partial charge >= 0.3 is 0 Å². The molecule has 160 valence electrons. The Kier molecular flexibility index (Phi) is 6.80. The van der Waals surface area contributed by atoms with Crippen molar-refractivity contribution in [1.82, 2.24) is 4.31 Å². The zero-order chi connectivity index (χ0) is 21.9. The highest BCUT2D eigenvalue weighted by atomic mass is 35.5. The normalized spacial score (nSPS) is 15.6. The van der Waals surface area contributed by atoms with E-state index < -0.39 is 15.9 Å². The summed E-state index contributed by atoms with van der Waals surface area (Å²) in [6, 6.07) is 10.8. The Morgan fingerprint density at radius 2 is 1.67 bits per heavy atom. The highest BCUT2D eigenvalue weighted by Gasteiger charge is 2.29. The molecule has 7 nitrogen and oxygen atoms in total. The van der Waals surface area contributed by atoms with Gasteiger partial charge in [-0.3, -0.25) is 9.59 Å². The Labute approximate surface area is 181 Å². The summed E-state index contributed by atoms with van der Waals surface area (Å²) in [4.78, 5) is 24.0. The fourth-order valence-electron chi connectivity index (χ4n) is 3.29. The van der Waals surface area contributed by atoms with Crippen molar-refractivity contribution in [2.24, 2.45) is 5.92 Å². The lowest BCUT2D eigenvalue weighted by Gasteiger charge is -2.29. The van der Waals surface area contributed by atoms with E-state index in [1.165, 1.54) is 29.4 Å². The van der Waals surface area contributed by atoms with E-state index in [1.54, 1.807) is 24.3 Å². The average Bonchev–Trinajstić information content (AvgIpc) is 2.68. The molecule has 1 heterocycles. The Morgan fingerprint density at radius 1 is 1.03 bits per heavy atom. The Balaban J connectivity index is 1.83. The van der Waals surface area contributed by atoms with E-state index in [4.69, 9.17) is 11.6 Å². The van der Waals surface area contributed by atoms with Crippen LogP contribution in [-0.4, -0.2) is 37.6 Å². The lowest BCUT2D eigenvalue weighted by Crippen LogP contribution is -2.37. The number of nitrogens with zero attached hydrogens (tertiary/aromatic N) is 1. The standard InChI is InChI=1S/C21H24ClN3O4S/c1-14-8-10-25(11-9-14)30(28,29)18-6-7-20(22)19(13-18)21(27)24-17-5-3-4-16(12-17)23-15(2)26/h3-7,12-14H,8-11H2,1-2H3,(H,23,26)(H,24,27). The van der Waals surface area contributed by atoms with Crippen molar-refractivity contribution in [3.05, 3.63) is 53.1 Å². The van der Waals surface area contributed by atoms with Gasteiger partial charge in [-0.05, 0) is 55.2 Å². The predicted octanol–water partition coefficient (Wildman–Crippen LogP) is 3.97. The van der Waals surface area contributed by atoms with Crippen LogP contribution < -0.4 is 10.6 Å². The Bertz CT molecular complexity index is 1060. The number of hydrogen-bond donors (Lipinski definition) is 2. The van der Waals surface area contributed by atoms with E-state index in [0.29, 0.717) is 30.4 Å². The predicted molar refractivity (Wildman–Crippen MR) is 117 cm³/mol. The van der Waals surface area contributed by atoms with Crippen molar-refractivity contribution >= 4 is 44.8 Å². The summed E-state index contributed by atoms with van der Waals surface area (Å²) in [5.41, 5.74) is 1.04. The van der Waals surface area contributed by atoms with E-state index in [1.807, 2.05) is 0 Å². The highest BCUT2D eigenvalue weighted by Crippen LogP contribution is 2.27. The summed E-state index contributed by atoms with van der Waals surface area (Å²) in [5.74, 6) is -0.271. The number of amides is 2. The van der Waals surface area contributed by atoms with Crippen molar-refractivity contribution in [3.63, 3.8) is 0 Å². The van der Waals surface area contributed by atoms with E-state index in [-0.39, 0.29) is 21.4 Å². The van der Waals surface area contributed by atoms with E-state index in [9.17, 15) is 18.0 Å². The smallest absolute Gasteiger partial charge is 0.257 e. The third-order valence-corrected chi connectivity index (χ3v) is 7.23. The maximum absolute atomic E-state index is 13.0. The van der Waals surface area contributed by atoms with Gasteiger partial charge in [-0.25, -0.2) is 8.42 Å². The molecule has 9 heteroatoms. The summed E-state index contributed by atoms with van der Waals surface area (Å²) in [5, 5.41) is 5.48. The van der Waals surface area contributed by atoms with Crippen molar-refractivity contribution in [3.8, 4) is 0 Å². The topological polar surface area (TPSA) is 95.6 Å². The van der Waals surface area contributed by atoms with Crippen LogP contribution in [0.15, 0.2) is 47.4 Å². The first-order valence-corrected chi connectivity index (χ1v) is 11.5. The summed E-state index contributed by atoms with van der Waals surface area (Å²) < 4.78 is 27.4. The number of hydrogen-bond acceptors (Lipinski definition) is 4. The number of sulfonamides is 1. The second kappa shape index (κ2) is 9.16. The van der Waals surface area contributed by atoms with Crippen LogP contribution in [0, 0.1) is 5.92 Å². The molecule has 0 aromatic heterocycles. The van der Waals surface area contributed by atoms with Crippen LogP contribution in [0.25, 0.3) is 0 Å². The number of nitrogens with one attached hydrogen (secondary N) is 2. The maximum atomic E-state index is 13.0. The van der Waals surface area contributed by atoms with Crippen LogP contribution in [0.5, 0.6) is 0 Å².